The predicted octanol–water partition coefficient (Wildman–Crippen LogP) is 2.03. The van der Waals surface area contributed by atoms with Crippen LogP contribution < -0.4 is 5.32 Å². The number of alkyl halides is 3. The van der Waals surface area contributed by atoms with Crippen molar-refractivity contribution in [1.29, 1.82) is 0 Å². The number of halogens is 3. The first-order valence-electron chi connectivity index (χ1n) is 9.77. The molecule has 29 heavy (non-hydrogen) atoms. The van der Waals surface area contributed by atoms with E-state index >= 15 is 0 Å². The average Bonchev–Trinajstić information content (AvgIpc) is 2.70. The van der Waals surface area contributed by atoms with Crippen LogP contribution in [0.25, 0.3) is 0 Å². The normalized spacial score (nSPS) is 21.7. The number of rotatable bonds is 5. The molecule has 1 aromatic carbocycles. The number of nitrogens with zero attached hydrogens (tertiary/aromatic N) is 2. The van der Waals surface area contributed by atoms with Gasteiger partial charge in [-0.1, -0.05) is 18.2 Å². The molecule has 2 amide bonds. The highest BCUT2D eigenvalue weighted by molar-refractivity contribution is 5.88. The Morgan fingerprint density at radius 3 is 2.72 bits per heavy atom. The van der Waals surface area contributed by atoms with E-state index in [0.29, 0.717) is 31.9 Å². The van der Waals surface area contributed by atoms with E-state index < -0.39 is 17.8 Å². The lowest BCUT2D eigenvalue weighted by Crippen LogP contribution is -2.56. The zero-order chi connectivity index (χ0) is 21.0. The van der Waals surface area contributed by atoms with Crippen molar-refractivity contribution in [2.24, 2.45) is 0 Å². The Morgan fingerprint density at radius 2 is 2.03 bits per heavy atom. The number of carbonyl (C=O) groups is 2. The van der Waals surface area contributed by atoms with Crippen molar-refractivity contribution >= 4 is 11.8 Å². The van der Waals surface area contributed by atoms with Gasteiger partial charge in [0.15, 0.2) is 0 Å². The van der Waals surface area contributed by atoms with Gasteiger partial charge >= 0.3 is 6.18 Å². The van der Waals surface area contributed by atoms with Crippen molar-refractivity contribution < 1.29 is 27.5 Å². The van der Waals surface area contributed by atoms with E-state index in [1.807, 2.05) is 0 Å². The zero-order valence-electron chi connectivity index (χ0n) is 16.4. The SMILES string of the molecule is CN(C(=O)C[C@@H]1C(=O)NCCN1Cc1cccc(C(F)(F)F)c1)C1CCOCC1. The van der Waals surface area contributed by atoms with Crippen molar-refractivity contribution in [3.8, 4) is 0 Å². The molecule has 2 aliphatic heterocycles. The van der Waals surface area contributed by atoms with Gasteiger partial charge in [0.2, 0.25) is 11.8 Å². The van der Waals surface area contributed by atoms with E-state index in [9.17, 15) is 22.8 Å². The lowest BCUT2D eigenvalue weighted by molar-refractivity contribution is -0.140. The summed E-state index contributed by atoms with van der Waals surface area (Å²) in [4.78, 5) is 28.7. The van der Waals surface area contributed by atoms with E-state index in [4.69, 9.17) is 4.74 Å². The first-order valence-corrected chi connectivity index (χ1v) is 9.77. The molecule has 2 fully saturated rings. The molecule has 0 bridgehead atoms. The molecule has 0 radical (unpaired) electrons. The molecule has 2 aliphatic rings. The molecule has 6 nitrogen and oxygen atoms in total. The lowest BCUT2D eigenvalue weighted by atomic mass is 10.0. The average molecular weight is 413 g/mol. The van der Waals surface area contributed by atoms with Crippen LogP contribution in [0.4, 0.5) is 13.2 Å². The molecule has 1 N–H and O–H groups in total. The summed E-state index contributed by atoms with van der Waals surface area (Å²) in [7, 11) is 1.73. The van der Waals surface area contributed by atoms with Gasteiger partial charge in [0.1, 0.15) is 0 Å². The van der Waals surface area contributed by atoms with E-state index in [1.54, 1.807) is 22.9 Å². The van der Waals surface area contributed by atoms with Crippen LogP contribution >= 0.6 is 0 Å². The summed E-state index contributed by atoms with van der Waals surface area (Å²) >= 11 is 0. The monoisotopic (exact) mass is 413 g/mol. The number of ether oxygens (including phenoxy) is 1. The minimum atomic E-state index is -4.42. The lowest BCUT2D eigenvalue weighted by Gasteiger charge is -2.37. The Bertz CT molecular complexity index is 735. The molecule has 0 saturated carbocycles. The molecule has 2 saturated heterocycles. The summed E-state index contributed by atoms with van der Waals surface area (Å²) in [5.74, 6) is -0.412. The van der Waals surface area contributed by atoms with E-state index in [-0.39, 0.29) is 30.8 Å². The van der Waals surface area contributed by atoms with Crippen LogP contribution in [-0.4, -0.2) is 67.0 Å². The molecule has 0 aliphatic carbocycles. The summed E-state index contributed by atoms with van der Waals surface area (Å²) in [6.45, 7) is 2.26. The number of piperazine rings is 1. The number of carbonyl (C=O) groups excluding carboxylic acids is 2. The fraction of sp³-hybridized carbons (Fsp3) is 0.600. The zero-order valence-corrected chi connectivity index (χ0v) is 16.4. The molecular weight excluding hydrogens is 387 g/mol. The molecule has 0 aromatic heterocycles. The second kappa shape index (κ2) is 9.13. The minimum Gasteiger partial charge on any atom is -0.381 e. The molecule has 9 heteroatoms. The van der Waals surface area contributed by atoms with Gasteiger partial charge in [-0.15, -0.1) is 0 Å². The maximum absolute atomic E-state index is 13.0. The van der Waals surface area contributed by atoms with Gasteiger partial charge in [-0.25, -0.2) is 0 Å². The van der Waals surface area contributed by atoms with Crippen LogP contribution in [0.5, 0.6) is 0 Å². The van der Waals surface area contributed by atoms with Crippen molar-refractivity contribution in [3.63, 3.8) is 0 Å². The van der Waals surface area contributed by atoms with Crippen molar-refractivity contribution in [1.82, 2.24) is 15.1 Å². The van der Waals surface area contributed by atoms with Crippen LogP contribution in [0.1, 0.15) is 30.4 Å². The molecule has 1 aromatic rings. The number of nitrogens with one attached hydrogen (secondary N) is 1. The summed E-state index contributed by atoms with van der Waals surface area (Å²) in [6.07, 6.45) is -2.91. The van der Waals surface area contributed by atoms with Crippen molar-refractivity contribution in [2.45, 2.75) is 44.1 Å². The van der Waals surface area contributed by atoms with E-state index in [2.05, 4.69) is 5.32 Å². The molecule has 160 valence electrons. The second-order valence-electron chi connectivity index (χ2n) is 7.53. The third-order valence-corrected chi connectivity index (χ3v) is 5.58. The van der Waals surface area contributed by atoms with Crippen LogP contribution in [0, 0.1) is 0 Å². The molecule has 2 heterocycles. The highest BCUT2D eigenvalue weighted by Crippen LogP contribution is 2.30. The van der Waals surface area contributed by atoms with Gasteiger partial charge in [0.25, 0.3) is 0 Å². The maximum Gasteiger partial charge on any atom is 0.416 e. The van der Waals surface area contributed by atoms with Gasteiger partial charge in [-0.05, 0) is 24.5 Å². The number of hydrogen-bond donors (Lipinski definition) is 1. The largest absolute Gasteiger partial charge is 0.416 e. The molecule has 0 spiro atoms. The van der Waals surface area contributed by atoms with E-state index in [1.165, 1.54) is 6.07 Å². The molecular formula is C20H26F3N3O3. The summed E-state index contributed by atoms with van der Waals surface area (Å²) in [5, 5.41) is 2.76. The Morgan fingerprint density at radius 1 is 1.31 bits per heavy atom. The van der Waals surface area contributed by atoms with Crippen LogP contribution in [0.3, 0.4) is 0 Å². The van der Waals surface area contributed by atoms with Crippen molar-refractivity contribution in [2.75, 3.05) is 33.4 Å². The Labute approximate surface area is 168 Å². The van der Waals surface area contributed by atoms with Gasteiger partial charge < -0.3 is 15.0 Å². The van der Waals surface area contributed by atoms with Crippen molar-refractivity contribution in [3.05, 3.63) is 35.4 Å². The standard InChI is InChI=1S/C20H26F3N3O3/c1-25(16-5-9-29-10-6-16)18(27)12-17-19(28)24-7-8-26(17)13-14-3-2-4-15(11-14)20(21,22)23/h2-4,11,16-17H,5-10,12-13H2,1H3,(H,24,28)/t17-/m1/s1. The Balaban J connectivity index is 1.69. The van der Waals surface area contributed by atoms with Crippen LogP contribution in [-0.2, 0) is 27.0 Å². The highest BCUT2D eigenvalue weighted by Gasteiger charge is 2.35. The quantitative estimate of drug-likeness (QED) is 0.803. The minimum absolute atomic E-state index is 0.00134. The summed E-state index contributed by atoms with van der Waals surface area (Å²) in [5.41, 5.74) is -0.256. The Hall–Kier alpha value is -2.13. The fourth-order valence-electron chi connectivity index (χ4n) is 3.84. The topological polar surface area (TPSA) is 61.9 Å². The number of benzene rings is 1. The molecule has 1 atom stereocenters. The number of amides is 2. The molecule has 3 rings (SSSR count). The van der Waals surface area contributed by atoms with Gasteiger partial charge in [0, 0.05) is 45.9 Å². The summed E-state index contributed by atoms with van der Waals surface area (Å²) in [6, 6.07) is 4.47. The highest BCUT2D eigenvalue weighted by atomic mass is 19.4. The third kappa shape index (κ3) is 5.48. The third-order valence-electron chi connectivity index (χ3n) is 5.58. The van der Waals surface area contributed by atoms with Crippen LogP contribution in [0.15, 0.2) is 24.3 Å². The first kappa shape index (κ1) is 21.6. The number of hydrogen-bond acceptors (Lipinski definition) is 4. The summed E-state index contributed by atoms with van der Waals surface area (Å²) < 4.78 is 44.3. The maximum atomic E-state index is 13.0. The van der Waals surface area contributed by atoms with Crippen LogP contribution in [0.2, 0.25) is 0 Å². The smallest absolute Gasteiger partial charge is 0.381 e. The van der Waals surface area contributed by atoms with E-state index in [0.717, 1.165) is 25.0 Å². The predicted molar refractivity (Wildman–Crippen MR) is 99.9 cm³/mol. The Kier molecular flexibility index (Phi) is 6.79. The van der Waals surface area contributed by atoms with Gasteiger partial charge in [0.05, 0.1) is 18.0 Å². The second-order valence-corrected chi connectivity index (χ2v) is 7.53. The first-order chi connectivity index (χ1) is 13.8. The van der Waals surface area contributed by atoms with Gasteiger partial charge in [-0.3, -0.25) is 14.5 Å². The van der Waals surface area contributed by atoms with Gasteiger partial charge in [-0.2, -0.15) is 13.2 Å². The fourth-order valence-corrected chi connectivity index (χ4v) is 3.84. The molecule has 0 unspecified atom stereocenters.